The van der Waals surface area contributed by atoms with E-state index in [0.717, 1.165) is 55.1 Å². The quantitative estimate of drug-likeness (QED) is 0.157. The fourth-order valence-corrected chi connectivity index (χ4v) is 10.1. The van der Waals surface area contributed by atoms with Gasteiger partial charge < -0.3 is 30.5 Å². The summed E-state index contributed by atoms with van der Waals surface area (Å²) in [5.41, 5.74) is -1.22. The molecular weight excluding hydrogens is 851 g/mol. The summed E-state index contributed by atoms with van der Waals surface area (Å²) in [5, 5.41) is 21.3. The summed E-state index contributed by atoms with van der Waals surface area (Å²) in [5.74, 6) is -3.16. The predicted molar refractivity (Wildman–Crippen MR) is 225 cm³/mol. The van der Waals surface area contributed by atoms with Gasteiger partial charge in [0.05, 0.1) is 35.6 Å². The summed E-state index contributed by atoms with van der Waals surface area (Å²) in [6.07, 6.45) is -6.92. The van der Waals surface area contributed by atoms with E-state index < -0.39 is 91.5 Å². The van der Waals surface area contributed by atoms with Gasteiger partial charge >= 0.3 is 12.3 Å². The number of anilines is 2. The number of morpholine rings is 1. The lowest BCUT2D eigenvalue weighted by Gasteiger charge is -2.41. The summed E-state index contributed by atoms with van der Waals surface area (Å²) in [6.45, 7) is 13.6. The first-order chi connectivity index (χ1) is 29.5. The summed E-state index contributed by atoms with van der Waals surface area (Å²) < 4.78 is 94.4. The lowest BCUT2D eigenvalue weighted by Crippen LogP contribution is -2.60. The molecular formula is C43H59F4N7O8S. The van der Waals surface area contributed by atoms with Crippen LogP contribution in [0.5, 0.6) is 0 Å². The molecule has 3 aliphatic heterocycles. The van der Waals surface area contributed by atoms with Crippen molar-refractivity contribution in [2.45, 2.75) is 121 Å². The Labute approximate surface area is 365 Å². The normalized spacial score (nSPS) is 25.7. The third-order valence-electron chi connectivity index (χ3n) is 13.2. The maximum absolute atomic E-state index is 14.6. The second-order valence-corrected chi connectivity index (χ2v) is 21.2. The molecule has 3 heterocycles. The molecule has 63 heavy (non-hydrogen) atoms. The fourth-order valence-electron chi connectivity index (χ4n) is 8.83. The molecule has 6 atom stereocenters. The molecule has 0 radical (unpaired) electrons. The first-order valence-corrected chi connectivity index (χ1v) is 23.1. The molecule has 2 aromatic rings. The smallest absolute Gasteiger partial charge is 0.416 e. The largest absolute Gasteiger partial charge is 0.445 e. The van der Waals surface area contributed by atoms with Gasteiger partial charge in [-0.3, -0.25) is 29.0 Å². The molecule has 5 aliphatic rings. The number of nitrogens with one attached hydrogen (secondary N) is 4. The Morgan fingerprint density at radius 2 is 1.71 bits per heavy atom. The molecule has 1 unspecified atom stereocenters. The molecule has 5 N–H and O–H groups in total. The summed E-state index contributed by atoms with van der Waals surface area (Å²) in [6, 6.07) is 5.46. The van der Waals surface area contributed by atoms with E-state index in [0.29, 0.717) is 38.5 Å². The number of alkyl halides is 3. The van der Waals surface area contributed by atoms with Crippen molar-refractivity contribution in [2.24, 2.45) is 11.3 Å². The highest BCUT2D eigenvalue weighted by Crippen LogP contribution is 2.48. The van der Waals surface area contributed by atoms with E-state index in [1.54, 1.807) is 27.7 Å². The monoisotopic (exact) mass is 909 g/mol. The highest BCUT2D eigenvalue weighted by molar-refractivity contribution is 7.91. The molecule has 4 fully saturated rings. The number of aliphatic hydroxyl groups is 1. The Kier molecular flexibility index (Phi) is 13.1. The number of hydrogen-bond donors (Lipinski definition) is 5. The minimum absolute atomic E-state index is 0.146. The zero-order valence-electron chi connectivity index (χ0n) is 36.3. The molecule has 0 aromatic heterocycles. The molecule has 2 aromatic carbocycles. The lowest BCUT2D eigenvalue weighted by atomic mass is 9.84. The second-order valence-electron chi connectivity index (χ2n) is 19.0. The number of amides is 3. The number of rotatable bonds is 15. The number of likely N-dealkylation sites (tertiary alicyclic amines) is 1. The van der Waals surface area contributed by atoms with Gasteiger partial charge in [0.1, 0.15) is 23.7 Å². The number of nitrogens with zero attached hydrogens (tertiary/aromatic N) is 3. The molecule has 2 saturated heterocycles. The van der Waals surface area contributed by atoms with E-state index in [-0.39, 0.29) is 38.2 Å². The number of sulfonamides is 1. The number of carbonyl (C=O) groups excluding carboxylic acids is 3. The highest BCUT2D eigenvalue weighted by atomic mass is 32.2. The van der Waals surface area contributed by atoms with Gasteiger partial charge in [-0.25, -0.2) is 17.6 Å². The maximum Gasteiger partial charge on any atom is 0.416 e. The highest BCUT2D eigenvalue weighted by Gasteiger charge is 2.63. The van der Waals surface area contributed by atoms with Crippen molar-refractivity contribution in [1.82, 2.24) is 24.7 Å². The Morgan fingerprint density at radius 1 is 1.02 bits per heavy atom. The molecule has 20 heteroatoms. The molecule has 2 aliphatic carbocycles. The molecule has 7 rings (SSSR count). The number of hydrogen-bond acceptors (Lipinski definition) is 12. The molecule has 348 valence electrons. The van der Waals surface area contributed by atoms with E-state index >= 15 is 0 Å². The zero-order valence-corrected chi connectivity index (χ0v) is 37.1. The van der Waals surface area contributed by atoms with Crippen molar-refractivity contribution in [1.29, 1.82) is 0 Å². The Balaban J connectivity index is 1.09. The minimum atomic E-state index is -4.86. The second kappa shape index (κ2) is 17.6. The van der Waals surface area contributed by atoms with Crippen LogP contribution in [0, 0.1) is 17.2 Å². The van der Waals surface area contributed by atoms with E-state index in [1.807, 2.05) is 18.2 Å². The third kappa shape index (κ3) is 10.3. The first kappa shape index (κ1) is 46.7. The minimum Gasteiger partial charge on any atom is -0.445 e. The van der Waals surface area contributed by atoms with Gasteiger partial charge in [-0.05, 0) is 79.0 Å². The van der Waals surface area contributed by atoms with Crippen LogP contribution in [0.4, 0.5) is 33.7 Å². The van der Waals surface area contributed by atoms with Crippen LogP contribution in [0.1, 0.15) is 83.4 Å². The van der Waals surface area contributed by atoms with E-state index in [2.05, 4.69) is 25.6 Å². The van der Waals surface area contributed by atoms with Crippen molar-refractivity contribution < 1.29 is 54.9 Å². The topological polar surface area (TPSA) is 182 Å². The van der Waals surface area contributed by atoms with E-state index in [4.69, 9.17) is 9.47 Å². The average molecular weight is 910 g/mol. The Bertz CT molecular complexity index is 2160. The van der Waals surface area contributed by atoms with Gasteiger partial charge in [-0.1, -0.05) is 40.2 Å². The van der Waals surface area contributed by atoms with Gasteiger partial charge in [-0.2, -0.15) is 13.2 Å². The fraction of sp³-hybridized carbons (Fsp3) is 0.651. The van der Waals surface area contributed by atoms with Gasteiger partial charge in [0.2, 0.25) is 15.9 Å². The van der Waals surface area contributed by atoms with Gasteiger partial charge in [0, 0.05) is 63.6 Å². The molecule has 3 amide bonds. The standard InChI is InChI=1S/C43H59F4N7O8S/c1-6-28-22-42(28,38(57)51-63(59,60)41(5)9-10-41)50-36(55)34-21-33(25-54(34)37(56)35(40(2,3)4)49-32-19-29(43(45,46)47)18-30(44)20-32)62-39(58)53-23-26-7-8-31(17-27(26)24-53)48-11-12-52-13-15-61-16-14-52/h7-8,17-20,28,33-35,37,48-49,56H,6,9-16,21-25H2,1-5H3,(H,50,55)(H,51,57)/t28-,33-,34+,35-,37?,42-/m1/s1. The summed E-state index contributed by atoms with van der Waals surface area (Å²) in [4.78, 5) is 47.2. The van der Waals surface area contributed by atoms with Crippen molar-refractivity contribution in [3.05, 3.63) is 58.9 Å². The lowest BCUT2D eigenvalue weighted by molar-refractivity contribution is -0.137. The van der Waals surface area contributed by atoms with Crippen molar-refractivity contribution in [3.8, 4) is 0 Å². The molecule has 15 nitrogen and oxygen atoms in total. The van der Waals surface area contributed by atoms with E-state index in [1.165, 1.54) is 16.7 Å². The maximum atomic E-state index is 14.6. The van der Waals surface area contributed by atoms with Crippen LogP contribution in [0.25, 0.3) is 0 Å². The number of benzene rings is 2. The van der Waals surface area contributed by atoms with Crippen molar-refractivity contribution in [2.75, 3.05) is 56.6 Å². The molecule has 2 saturated carbocycles. The van der Waals surface area contributed by atoms with Crippen LogP contribution in [-0.4, -0.2) is 127 Å². The number of aliphatic hydroxyl groups excluding tert-OH is 1. The average Bonchev–Trinajstić information content (AvgIpc) is 4.03. The van der Waals surface area contributed by atoms with Gasteiger partial charge in [0.25, 0.3) is 5.91 Å². The first-order valence-electron chi connectivity index (χ1n) is 21.6. The van der Waals surface area contributed by atoms with E-state index in [9.17, 15) is 45.5 Å². The van der Waals surface area contributed by atoms with Crippen LogP contribution in [-0.2, 0) is 48.4 Å². The number of ether oxygens (including phenoxy) is 2. The van der Waals surface area contributed by atoms with Crippen molar-refractivity contribution >= 4 is 39.3 Å². The van der Waals surface area contributed by atoms with Gasteiger partial charge in [0.15, 0.2) is 0 Å². The number of fused-ring (bicyclic) bond motifs is 1. The van der Waals surface area contributed by atoms with Gasteiger partial charge in [-0.15, -0.1) is 0 Å². The Hall–Kier alpha value is -4.24. The van der Waals surface area contributed by atoms with Crippen LogP contribution >= 0.6 is 0 Å². The number of carbonyl (C=O) groups is 3. The third-order valence-corrected chi connectivity index (χ3v) is 15.4. The predicted octanol–water partition coefficient (Wildman–Crippen LogP) is 4.61. The summed E-state index contributed by atoms with van der Waals surface area (Å²) >= 11 is 0. The van der Waals surface area contributed by atoms with Crippen molar-refractivity contribution in [3.63, 3.8) is 0 Å². The SMILES string of the molecule is CC[C@@H]1C[C@]1(NC(=O)[C@@H]1C[C@@H](OC(=O)N2Cc3ccc(NCCN4CCOCC4)cc3C2)CN1C(O)[C@@H](Nc1cc(F)cc(C(F)(F)F)c1)C(C)(C)C)C(=O)NS(=O)(=O)C1(C)CC1. The van der Waals surface area contributed by atoms with Crippen LogP contribution < -0.4 is 20.7 Å². The Morgan fingerprint density at radius 3 is 2.35 bits per heavy atom. The van der Waals surface area contributed by atoms with Crippen LogP contribution in [0.15, 0.2) is 36.4 Å². The number of halogens is 4. The van der Waals surface area contributed by atoms with Crippen LogP contribution in [0.3, 0.4) is 0 Å². The molecule has 0 spiro atoms. The van der Waals surface area contributed by atoms with Crippen LogP contribution in [0.2, 0.25) is 0 Å². The zero-order chi connectivity index (χ0) is 45.7. The summed E-state index contributed by atoms with van der Waals surface area (Å²) in [7, 11) is -4.05. The molecule has 0 bridgehead atoms.